The van der Waals surface area contributed by atoms with Crippen LogP contribution in [0, 0.1) is 0 Å². The summed E-state index contributed by atoms with van der Waals surface area (Å²) in [6, 6.07) is 7.44. The smallest absolute Gasteiger partial charge is 0.338 e. The number of ether oxygens (including phenoxy) is 2. The van der Waals surface area contributed by atoms with Gasteiger partial charge in [0.25, 0.3) is 23.6 Å². The minimum atomic E-state index is -1.65. The van der Waals surface area contributed by atoms with Gasteiger partial charge in [0.15, 0.2) is 0 Å². The Labute approximate surface area is 314 Å². The third kappa shape index (κ3) is 7.70. The molecule has 0 radical (unpaired) electrons. The van der Waals surface area contributed by atoms with Gasteiger partial charge in [0.05, 0.1) is 33.4 Å². The second kappa shape index (κ2) is 13.7. The molecule has 14 heteroatoms. The van der Waals surface area contributed by atoms with Crippen LogP contribution in [0.15, 0.2) is 36.4 Å². The molecule has 2 fully saturated rings. The third-order valence-electron chi connectivity index (χ3n) is 10.6. The van der Waals surface area contributed by atoms with Crippen LogP contribution in [0.25, 0.3) is 0 Å². The third-order valence-corrected chi connectivity index (χ3v) is 10.6. The van der Waals surface area contributed by atoms with Crippen LogP contribution in [0.5, 0.6) is 0 Å². The number of carbonyl (C=O) groups is 6. The first-order valence-corrected chi connectivity index (χ1v) is 18.3. The van der Waals surface area contributed by atoms with Gasteiger partial charge in [0, 0.05) is 34.2 Å². The Morgan fingerprint density at radius 3 is 1.20 bits per heavy atom. The van der Waals surface area contributed by atoms with Crippen LogP contribution in [0.1, 0.15) is 143 Å². The molecular formula is C40H50N4O10. The van der Waals surface area contributed by atoms with Gasteiger partial charge in [-0.2, -0.15) is 0 Å². The van der Waals surface area contributed by atoms with E-state index < -0.39 is 61.0 Å². The van der Waals surface area contributed by atoms with Crippen molar-refractivity contribution in [3.63, 3.8) is 0 Å². The van der Waals surface area contributed by atoms with Crippen LogP contribution in [0.3, 0.4) is 0 Å². The average molecular weight is 747 g/mol. The Morgan fingerprint density at radius 1 is 0.593 bits per heavy atom. The van der Waals surface area contributed by atoms with E-state index in [1.54, 1.807) is 0 Å². The fraction of sp³-hybridized carbons (Fsp3) is 0.550. The van der Waals surface area contributed by atoms with Gasteiger partial charge in [0.2, 0.25) is 0 Å². The Morgan fingerprint density at radius 2 is 0.889 bits per heavy atom. The number of hydrogen-bond donors (Lipinski definition) is 4. The number of carbonyl (C=O) groups excluding carboxylic acids is 6. The van der Waals surface area contributed by atoms with E-state index in [-0.39, 0.29) is 67.6 Å². The average Bonchev–Trinajstić information content (AvgIpc) is 3.45. The highest BCUT2D eigenvalue weighted by atomic mass is 16.6. The minimum Gasteiger partial charge on any atom is -0.459 e. The van der Waals surface area contributed by atoms with E-state index in [1.165, 1.54) is 46.2 Å². The van der Waals surface area contributed by atoms with Gasteiger partial charge in [-0.3, -0.25) is 29.0 Å². The summed E-state index contributed by atoms with van der Waals surface area (Å²) in [5.41, 5.74) is -0.739. The zero-order chi connectivity index (χ0) is 39.7. The molecule has 4 heterocycles. The van der Waals surface area contributed by atoms with Gasteiger partial charge in [-0.25, -0.2) is 9.59 Å². The van der Waals surface area contributed by atoms with Crippen molar-refractivity contribution in [2.45, 2.75) is 128 Å². The number of aliphatic hydroxyl groups excluding tert-OH is 2. The lowest BCUT2D eigenvalue weighted by Gasteiger charge is -2.48. The van der Waals surface area contributed by atoms with E-state index in [0.717, 1.165) is 0 Å². The predicted molar refractivity (Wildman–Crippen MR) is 195 cm³/mol. The number of amides is 4. The highest BCUT2D eigenvalue weighted by Crippen LogP contribution is 2.38. The molecule has 4 aliphatic heterocycles. The molecule has 0 bridgehead atoms. The summed E-state index contributed by atoms with van der Waals surface area (Å²) in [5, 5.41) is 28.1. The molecule has 0 saturated carbocycles. The maximum absolute atomic E-state index is 13.5. The summed E-state index contributed by atoms with van der Waals surface area (Å²) in [5.74, 6) is -3.62. The van der Waals surface area contributed by atoms with Crippen molar-refractivity contribution in [1.82, 2.24) is 20.4 Å². The summed E-state index contributed by atoms with van der Waals surface area (Å²) >= 11 is 0. The molecule has 2 aromatic rings. The number of nitrogens with zero attached hydrogens (tertiary/aromatic N) is 2. The first kappa shape index (κ1) is 39.2. The first-order valence-electron chi connectivity index (χ1n) is 18.3. The summed E-state index contributed by atoms with van der Waals surface area (Å²) in [7, 11) is 0. The second-order valence-corrected chi connectivity index (χ2v) is 17.7. The number of fused-ring (bicyclic) bond motifs is 2. The van der Waals surface area contributed by atoms with E-state index in [1.807, 2.05) is 55.4 Å². The molecule has 0 aromatic heterocycles. The second-order valence-electron chi connectivity index (χ2n) is 17.7. The molecule has 54 heavy (non-hydrogen) atoms. The summed E-state index contributed by atoms with van der Waals surface area (Å²) in [4.78, 5) is 82.0. The zero-order valence-electron chi connectivity index (χ0n) is 32.1. The van der Waals surface area contributed by atoms with Crippen molar-refractivity contribution in [2.24, 2.45) is 0 Å². The fourth-order valence-corrected chi connectivity index (χ4v) is 9.05. The van der Waals surface area contributed by atoms with Gasteiger partial charge < -0.3 is 30.3 Å². The minimum absolute atomic E-state index is 0.0216. The van der Waals surface area contributed by atoms with E-state index in [4.69, 9.17) is 9.47 Å². The number of esters is 2. The lowest BCUT2D eigenvalue weighted by molar-refractivity contribution is -0.0529. The molecule has 0 aliphatic carbocycles. The molecule has 6 rings (SSSR count). The molecule has 2 unspecified atom stereocenters. The molecular weight excluding hydrogens is 696 g/mol. The topological polar surface area (TPSA) is 192 Å². The number of hydrogen-bond acceptors (Lipinski definition) is 12. The Kier molecular flexibility index (Phi) is 9.92. The van der Waals surface area contributed by atoms with Crippen molar-refractivity contribution >= 4 is 35.6 Å². The van der Waals surface area contributed by atoms with Crippen molar-refractivity contribution in [1.29, 1.82) is 0 Å². The molecule has 4 N–H and O–H groups in total. The highest BCUT2D eigenvalue weighted by molar-refractivity contribution is 6.23. The normalized spacial score (nSPS) is 22.9. The number of aliphatic hydroxyl groups is 2. The van der Waals surface area contributed by atoms with Crippen LogP contribution >= 0.6 is 0 Å². The Hall–Kier alpha value is -4.50. The predicted octanol–water partition coefficient (Wildman–Crippen LogP) is 3.23. The van der Waals surface area contributed by atoms with Crippen molar-refractivity contribution in [3.05, 3.63) is 69.8 Å². The summed E-state index contributed by atoms with van der Waals surface area (Å²) < 4.78 is 10.4. The van der Waals surface area contributed by atoms with Crippen LogP contribution in [0.2, 0.25) is 0 Å². The molecule has 2 saturated heterocycles. The van der Waals surface area contributed by atoms with Gasteiger partial charge in [0.1, 0.15) is 25.4 Å². The summed E-state index contributed by atoms with van der Waals surface area (Å²) in [6.07, 6.45) is -1.03. The van der Waals surface area contributed by atoms with E-state index in [9.17, 15) is 39.0 Å². The van der Waals surface area contributed by atoms with Crippen LogP contribution in [-0.4, -0.2) is 115 Å². The standard InChI is InChI=1S/C40H50N4O10/c1-37(2)15-23(16-38(3,4)41-37)43-31(47)25-11-9-21(13-27(25)33(43)49)35(51)53-19-29(45)30(46)20-54-36(52)22-10-12-26-28(14-22)34(50)44(32(26)48)24-17-39(5,6)42-40(7,8)18-24/h9-14,23-24,29-30,41-42,45-46H,15-20H2,1-8H3. The number of benzene rings is 2. The van der Waals surface area contributed by atoms with Gasteiger partial charge in [-0.05, 0) is 117 Å². The Balaban J connectivity index is 1.02. The molecule has 290 valence electrons. The van der Waals surface area contributed by atoms with Crippen LogP contribution in [0.4, 0.5) is 0 Å². The maximum atomic E-state index is 13.5. The van der Waals surface area contributed by atoms with Crippen molar-refractivity contribution < 1.29 is 48.5 Å². The molecule has 2 atom stereocenters. The monoisotopic (exact) mass is 746 g/mol. The van der Waals surface area contributed by atoms with Crippen molar-refractivity contribution in [3.8, 4) is 0 Å². The number of nitrogens with one attached hydrogen (secondary N) is 2. The van der Waals surface area contributed by atoms with Gasteiger partial charge in [-0.15, -0.1) is 0 Å². The first-order chi connectivity index (χ1) is 25.0. The SMILES string of the molecule is CC1(C)CC(N2C(=O)c3ccc(C(=O)OCC(O)C(O)COC(=O)c4ccc5c(c4)C(=O)N(C4CC(C)(C)NC(C)(C)C4)C5=O)cc3C2=O)CC(C)(C)N1. The van der Waals surface area contributed by atoms with Gasteiger partial charge in [-0.1, -0.05) is 0 Å². The molecule has 4 aliphatic rings. The number of piperidine rings is 2. The van der Waals surface area contributed by atoms with E-state index in [0.29, 0.717) is 25.7 Å². The van der Waals surface area contributed by atoms with E-state index in [2.05, 4.69) is 10.6 Å². The Bertz CT molecular complexity index is 1760. The fourth-order valence-electron chi connectivity index (χ4n) is 9.05. The van der Waals surface area contributed by atoms with Gasteiger partial charge >= 0.3 is 11.9 Å². The molecule has 2 aromatic carbocycles. The lowest BCUT2D eigenvalue weighted by Crippen LogP contribution is -2.62. The quantitative estimate of drug-likeness (QED) is 0.217. The lowest BCUT2D eigenvalue weighted by atomic mass is 9.79. The number of imide groups is 2. The molecule has 14 nitrogen and oxygen atoms in total. The molecule has 4 amide bonds. The molecule has 0 spiro atoms. The highest BCUT2D eigenvalue weighted by Gasteiger charge is 2.48. The summed E-state index contributed by atoms with van der Waals surface area (Å²) in [6.45, 7) is 14.8. The maximum Gasteiger partial charge on any atom is 0.338 e. The van der Waals surface area contributed by atoms with Crippen molar-refractivity contribution in [2.75, 3.05) is 13.2 Å². The van der Waals surface area contributed by atoms with E-state index >= 15 is 0 Å². The number of rotatable bonds is 9. The largest absolute Gasteiger partial charge is 0.459 e. The van der Waals surface area contributed by atoms with Crippen LogP contribution in [-0.2, 0) is 9.47 Å². The zero-order valence-corrected chi connectivity index (χ0v) is 32.1. The van der Waals surface area contributed by atoms with Crippen LogP contribution < -0.4 is 10.6 Å².